The third kappa shape index (κ3) is 2.85. The molecule has 0 atom stereocenters. The molecule has 112 valence electrons. The number of nitrogen functional groups attached to an aromatic ring is 1. The summed E-state index contributed by atoms with van der Waals surface area (Å²) in [6.45, 7) is 3.29. The van der Waals surface area contributed by atoms with Crippen molar-refractivity contribution >= 4 is 16.7 Å². The van der Waals surface area contributed by atoms with Gasteiger partial charge >= 0.3 is 0 Å². The molecule has 1 aliphatic heterocycles. The summed E-state index contributed by atoms with van der Waals surface area (Å²) in [6.07, 6.45) is 1.96. The van der Waals surface area contributed by atoms with Gasteiger partial charge in [0.1, 0.15) is 29.2 Å². The first-order chi connectivity index (χ1) is 10.2. The first-order valence-electron chi connectivity index (χ1n) is 7.03. The molecule has 0 aliphatic carbocycles. The Kier molecular flexibility index (Phi) is 3.79. The number of rotatable bonds is 3. The molecule has 0 amide bonds. The van der Waals surface area contributed by atoms with Gasteiger partial charge in [-0.15, -0.1) is 0 Å². The molecule has 1 saturated heterocycles. The zero-order chi connectivity index (χ0) is 14.8. The van der Waals surface area contributed by atoms with Crippen LogP contribution in [0.5, 0.6) is 11.5 Å². The maximum atomic E-state index is 6.02. The van der Waals surface area contributed by atoms with Gasteiger partial charge in [0.15, 0.2) is 0 Å². The highest BCUT2D eigenvalue weighted by molar-refractivity contribution is 5.94. The van der Waals surface area contributed by atoms with Gasteiger partial charge in [0.25, 0.3) is 0 Å². The molecule has 0 saturated carbocycles. The topological polar surface area (TPSA) is 79.5 Å². The maximum absolute atomic E-state index is 6.02. The van der Waals surface area contributed by atoms with E-state index in [4.69, 9.17) is 19.9 Å². The highest BCUT2D eigenvalue weighted by Crippen LogP contribution is 2.34. The van der Waals surface area contributed by atoms with Crippen molar-refractivity contribution in [3.05, 3.63) is 18.0 Å². The van der Waals surface area contributed by atoms with Gasteiger partial charge in [-0.2, -0.15) is 0 Å². The molecule has 0 spiro atoms. The van der Waals surface area contributed by atoms with E-state index < -0.39 is 0 Å². The average Bonchev–Trinajstić information content (AvgIpc) is 2.46. The fourth-order valence-corrected chi connectivity index (χ4v) is 2.57. The van der Waals surface area contributed by atoms with E-state index >= 15 is 0 Å². The standard InChI is InChI=1S/C15H19N3O3/c1-9-17-12-7-11(21-10-3-5-20-6-4-10)8-13(19-2)14(12)15(16)18-9/h7-8,10H,3-6H2,1-2H3,(H2,16,17,18). The van der Waals surface area contributed by atoms with Gasteiger partial charge < -0.3 is 19.9 Å². The number of ether oxygens (including phenoxy) is 3. The third-order valence-corrected chi connectivity index (χ3v) is 3.57. The number of aromatic nitrogens is 2. The fraction of sp³-hybridized carbons (Fsp3) is 0.467. The van der Waals surface area contributed by atoms with Gasteiger partial charge in [0.2, 0.25) is 0 Å². The van der Waals surface area contributed by atoms with Crippen molar-refractivity contribution < 1.29 is 14.2 Å². The Morgan fingerprint density at radius 3 is 2.71 bits per heavy atom. The minimum atomic E-state index is 0.168. The second-order valence-corrected chi connectivity index (χ2v) is 5.11. The summed E-state index contributed by atoms with van der Waals surface area (Å²) in [4.78, 5) is 8.61. The first-order valence-corrected chi connectivity index (χ1v) is 7.03. The lowest BCUT2D eigenvalue weighted by Crippen LogP contribution is -2.25. The summed E-state index contributed by atoms with van der Waals surface area (Å²) in [5.74, 6) is 2.42. The van der Waals surface area contributed by atoms with Crippen LogP contribution >= 0.6 is 0 Å². The second kappa shape index (κ2) is 5.73. The molecule has 1 aliphatic rings. The average molecular weight is 289 g/mol. The van der Waals surface area contributed by atoms with E-state index in [0.29, 0.717) is 17.4 Å². The molecule has 2 aromatic rings. The van der Waals surface area contributed by atoms with Crippen LogP contribution in [0.2, 0.25) is 0 Å². The SMILES string of the molecule is COc1cc(OC2CCOCC2)cc2nc(C)nc(N)c12. The number of aryl methyl sites for hydroxylation is 1. The van der Waals surface area contributed by atoms with Crippen LogP contribution in [0.3, 0.4) is 0 Å². The lowest BCUT2D eigenvalue weighted by molar-refractivity contribution is 0.0255. The number of nitrogens with two attached hydrogens (primary N) is 1. The Labute approximate surface area is 123 Å². The fourth-order valence-electron chi connectivity index (χ4n) is 2.57. The molecule has 3 rings (SSSR count). The van der Waals surface area contributed by atoms with Crippen LogP contribution in [0, 0.1) is 6.92 Å². The predicted molar refractivity (Wildman–Crippen MR) is 79.7 cm³/mol. The molecule has 0 bridgehead atoms. The minimum Gasteiger partial charge on any atom is -0.496 e. The number of fused-ring (bicyclic) bond motifs is 1. The van der Waals surface area contributed by atoms with E-state index in [9.17, 15) is 0 Å². The molecule has 2 N–H and O–H groups in total. The molecular formula is C15H19N3O3. The lowest BCUT2D eigenvalue weighted by atomic mass is 10.1. The smallest absolute Gasteiger partial charge is 0.138 e. The van der Waals surface area contributed by atoms with E-state index in [2.05, 4.69) is 9.97 Å². The minimum absolute atomic E-state index is 0.168. The molecule has 0 unspecified atom stereocenters. The summed E-state index contributed by atoms with van der Waals surface area (Å²) in [5, 5.41) is 0.724. The molecule has 2 heterocycles. The highest BCUT2D eigenvalue weighted by Gasteiger charge is 2.17. The van der Waals surface area contributed by atoms with E-state index in [0.717, 1.165) is 42.7 Å². The molecule has 1 aromatic heterocycles. The van der Waals surface area contributed by atoms with Crippen LogP contribution < -0.4 is 15.2 Å². The quantitative estimate of drug-likeness (QED) is 0.932. The van der Waals surface area contributed by atoms with Gasteiger partial charge in [-0.1, -0.05) is 0 Å². The van der Waals surface area contributed by atoms with Gasteiger partial charge in [0, 0.05) is 25.0 Å². The summed E-state index contributed by atoms with van der Waals surface area (Å²) in [7, 11) is 1.60. The molecular weight excluding hydrogens is 270 g/mol. The summed E-state index contributed by atoms with van der Waals surface area (Å²) in [5.41, 5.74) is 6.72. The molecule has 1 fully saturated rings. The zero-order valence-corrected chi connectivity index (χ0v) is 12.3. The second-order valence-electron chi connectivity index (χ2n) is 5.11. The van der Waals surface area contributed by atoms with Gasteiger partial charge in [-0.25, -0.2) is 9.97 Å². The van der Waals surface area contributed by atoms with E-state index in [1.807, 2.05) is 19.1 Å². The van der Waals surface area contributed by atoms with E-state index in [1.165, 1.54) is 0 Å². The van der Waals surface area contributed by atoms with Gasteiger partial charge in [-0.05, 0) is 6.92 Å². The third-order valence-electron chi connectivity index (χ3n) is 3.57. The van der Waals surface area contributed by atoms with Crippen molar-refractivity contribution in [1.82, 2.24) is 9.97 Å². The Balaban J connectivity index is 1.99. The highest BCUT2D eigenvalue weighted by atomic mass is 16.5. The molecule has 6 nitrogen and oxygen atoms in total. The molecule has 6 heteroatoms. The van der Waals surface area contributed by atoms with Crippen LogP contribution in [0.4, 0.5) is 5.82 Å². The molecule has 1 aromatic carbocycles. The van der Waals surface area contributed by atoms with Crippen molar-refractivity contribution in [2.24, 2.45) is 0 Å². The Morgan fingerprint density at radius 2 is 2.00 bits per heavy atom. The number of benzene rings is 1. The summed E-state index contributed by atoms with van der Waals surface area (Å²) in [6, 6.07) is 3.73. The number of hydrogen-bond acceptors (Lipinski definition) is 6. The summed E-state index contributed by atoms with van der Waals surface area (Å²) < 4.78 is 16.8. The maximum Gasteiger partial charge on any atom is 0.138 e. The van der Waals surface area contributed by atoms with Crippen molar-refractivity contribution in [1.29, 1.82) is 0 Å². The predicted octanol–water partition coefficient (Wildman–Crippen LogP) is 2.09. The lowest BCUT2D eigenvalue weighted by Gasteiger charge is -2.23. The number of hydrogen-bond donors (Lipinski definition) is 1. The van der Waals surface area contributed by atoms with E-state index in [1.54, 1.807) is 7.11 Å². The van der Waals surface area contributed by atoms with Crippen molar-refractivity contribution in [3.63, 3.8) is 0 Å². The monoisotopic (exact) mass is 289 g/mol. The largest absolute Gasteiger partial charge is 0.496 e. The number of nitrogens with zero attached hydrogens (tertiary/aromatic N) is 2. The van der Waals surface area contributed by atoms with Crippen LogP contribution in [0.1, 0.15) is 18.7 Å². The van der Waals surface area contributed by atoms with Crippen molar-refractivity contribution in [2.75, 3.05) is 26.1 Å². The van der Waals surface area contributed by atoms with Crippen LogP contribution in [0.15, 0.2) is 12.1 Å². The van der Waals surface area contributed by atoms with Crippen LogP contribution in [-0.2, 0) is 4.74 Å². The normalized spacial score (nSPS) is 16.1. The first kappa shape index (κ1) is 13.9. The molecule has 0 radical (unpaired) electrons. The van der Waals surface area contributed by atoms with Crippen molar-refractivity contribution in [2.45, 2.75) is 25.9 Å². The van der Waals surface area contributed by atoms with Crippen LogP contribution in [-0.4, -0.2) is 36.4 Å². The van der Waals surface area contributed by atoms with Gasteiger partial charge in [-0.3, -0.25) is 0 Å². The van der Waals surface area contributed by atoms with Crippen molar-refractivity contribution in [3.8, 4) is 11.5 Å². The Morgan fingerprint density at radius 1 is 1.24 bits per heavy atom. The van der Waals surface area contributed by atoms with E-state index in [-0.39, 0.29) is 6.10 Å². The Bertz CT molecular complexity index is 654. The number of methoxy groups -OCH3 is 1. The molecule has 21 heavy (non-hydrogen) atoms. The number of anilines is 1. The van der Waals surface area contributed by atoms with Crippen LogP contribution in [0.25, 0.3) is 10.9 Å². The zero-order valence-electron chi connectivity index (χ0n) is 12.3. The Hall–Kier alpha value is -2.08. The van der Waals surface area contributed by atoms with Gasteiger partial charge in [0.05, 0.1) is 31.2 Å². The summed E-state index contributed by atoms with van der Waals surface area (Å²) >= 11 is 0.